The second kappa shape index (κ2) is 18.5. The van der Waals surface area contributed by atoms with Crippen molar-refractivity contribution >= 4 is 5.97 Å². The van der Waals surface area contributed by atoms with Gasteiger partial charge in [0.1, 0.15) is 0 Å². The van der Waals surface area contributed by atoms with Crippen molar-refractivity contribution in [1.82, 2.24) is 0 Å². The topological polar surface area (TPSA) is 63.2 Å². The van der Waals surface area contributed by atoms with Crippen molar-refractivity contribution in [2.75, 3.05) is 52.9 Å². The molecule has 0 bridgehead atoms. The van der Waals surface area contributed by atoms with E-state index in [1.807, 2.05) is 0 Å². The molecule has 0 radical (unpaired) electrons. The minimum atomic E-state index is -2.33. The van der Waals surface area contributed by atoms with Crippen LogP contribution in [-0.4, -0.2) is 58.8 Å². The van der Waals surface area contributed by atoms with Crippen molar-refractivity contribution < 1.29 is 50.4 Å². The zero-order valence-electron chi connectivity index (χ0n) is 19.4. The van der Waals surface area contributed by atoms with Crippen LogP contribution in [0.4, 0.5) is 22.0 Å². The van der Waals surface area contributed by atoms with Crippen LogP contribution >= 0.6 is 0 Å². The highest BCUT2D eigenvalue weighted by Gasteiger charge is 2.28. The highest BCUT2D eigenvalue weighted by atomic mass is 19.2. The maximum atomic E-state index is 13.5. The summed E-state index contributed by atoms with van der Waals surface area (Å²) in [5.41, 5.74) is 0. The van der Waals surface area contributed by atoms with Crippen LogP contribution < -0.4 is 4.74 Å². The lowest BCUT2D eigenvalue weighted by atomic mass is 10.1. The van der Waals surface area contributed by atoms with Crippen LogP contribution in [0.1, 0.15) is 51.9 Å². The third kappa shape index (κ3) is 12.0. The van der Waals surface area contributed by atoms with E-state index in [2.05, 4.69) is 11.7 Å². The van der Waals surface area contributed by atoms with Crippen LogP contribution in [0.5, 0.6) is 5.75 Å². The van der Waals surface area contributed by atoms with E-state index in [0.717, 1.165) is 13.0 Å². The zero-order chi connectivity index (χ0) is 25.2. The third-order valence-corrected chi connectivity index (χ3v) is 4.59. The fourth-order valence-electron chi connectivity index (χ4n) is 2.74. The highest BCUT2D eigenvalue weighted by molar-refractivity contribution is 5.72. The minimum Gasteiger partial charge on any atom is -0.420 e. The first-order valence-electron chi connectivity index (χ1n) is 11.4. The highest BCUT2D eigenvalue weighted by Crippen LogP contribution is 2.29. The quantitative estimate of drug-likeness (QED) is 0.0620. The molecule has 0 unspecified atom stereocenters. The number of hydrogen-bond acceptors (Lipinski definition) is 6. The Bertz CT molecular complexity index is 691. The second-order valence-electron chi connectivity index (χ2n) is 7.34. The Morgan fingerprint density at radius 1 is 0.559 bits per heavy atom. The summed E-state index contributed by atoms with van der Waals surface area (Å²) >= 11 is 0. The molecule has 0 saturated heterocycles. The van der Waals surface area contributed by atoms with Gasteiger partial charge >= 0.3 is 5.97 Å². The standard InChI is InChI=1S/C23H33F5O6/c1-2-3-4-5-6-7-9-30-11-13-32-15-16-33-14-12-31-10-8-17(29)34-23-21(27)19(25)18(24)20(26)22(23)28/h2-16H2,1H3. The number of halogens is 5. The van der Waals surface area contributed by atoms with Gasteiger partial charge in [-0.05, 0) is 6.42 Å². The molecule has 0 N–H and O–H groups in total. The molecule has 0 saturated carbocycles. The Morgan fingerprint density at radius 3 is 1.50 bits per heavy atom. The van der Waals surface area contributed by atoms with E-state index in [9.17, 15) is 26.7 Å². The summed E-state index contributed by atoms with van der Waals surface area (Å²) in [5.74, 6) is -14.0. The normalized spacial score (nSPS) is 11.2. The summed E-state index contributed by atoms with van der Waals surface area (Å²) in [6.07, 6.45) is 6.83. The molecule has 0 amide bonds. The molecule has 0 aliphatic rings. The average molecular weight is 501 g/mol. The maximum absolute atomic E-state index is 13.5. The van der Waals surface area contributed by atoms with Gasteiger partial charge < -0.3 is 23.7 Å². The monoisotopic (exact) mass is 500 g/mol. The Labute approximate surface area is 196 Å². The molecule has 1 aromatic rings. The van der Waals surface area contributed by atoms with Gasteiger partial charge in [-0.25, -0.2) is 13.2 Å². The molecular weight excluding hydrogens is 467 g/mol. The van der Waals surface area contributed by atoms with Crippen LogP contribution in [0.2, 0.25) is 0 Å². The lowest BCUT2D eigenvalue weighted by Gasteiger charge is -2.09. The van der Waals surface area contributed by atoms with Gasteiger partial charge in [-0.15, -0.1) is 0 Å². The molecule has 0 aliphatic carbocycles. The SMILES string of the molecule is CCCCCCCCOCCOCCOCCOCCC(=O)Oc1c(F)c(F)c(F)c(F)c1F. The van der Waals surface area contributed by atoms with E-state index in [1.165, 1.54) is 32.1 Å². The van der Waals surface area contributed by atoms with Crippen molar-refractivity contribution in [2.45, 2.75) is 51.9 Å². The summed E-state index contributed by atoms with van der Waals surface area (Å²) < 4.78 is 91.5. The van der Waals surface area contributed by atoms with Gasteiger partial charge in [0.2, 0.25) is 34.8 Å². The Kier molecular flexibility index (Phi) is 16.4. The summed E-state index contributed by atoms with van der Waals surface area (Å²) in [7, 11) is 0. The number of carbonyl (C=O) groups excluding carboxylic acids is 1. The van der Waals surface area contributed by atoms with E-state index in [-0.39, 0.29) is 19.8 Å². The number of carbonyl (C=O) groups is 1. The van der Waals surface area contributed by atoms with Gasteiger partial charge in [0, 0.05) is 6.61 Å². The number of ether oxygens (including phenoxy) is 5. The van der Waals surface area contributed by atoms with Crippen LogP contribution in [0, 0.1) is 29.1 Å². The van der Waals surface area contributed by atoms with Crippen LogP contribution in [0.25, 0.3) is 0 Å². The number of unbranched alkanes of at least 4 members (excludes halogenated alkanes) is 5. The van der Waals surface area contributed by atoms with E-state index >= 15 is 0 Å². The fraction of sp³-hybridized carbons (Fsp3) is 0.696. The molecule has 0 aliphatic heterocycles. The molecule has 6 nitrogen and oxygen atoms in total. The minimum absolute atomic E-state index is 0.122. The second-order valence-corrected chi connectivity index (χ2v) is 7.34. The molecule has 0 heterocycles. The van der Waals surface area contributed by atoms with E-state index in [1.54, 1.807) is 0 Å². The number of hydrogen-bond donors (Lipinski definition) is 0. The Balaban J connectivity index is 1.96. The van der Waals surface area contributed by atoms with Crippen LogP contribution in [0.3, 0.4) is 0 Å². The largest absolute Gasteiger partial charge is 0.420 e. The first-order chi connectivity index (χ1) is 16.4. The molecule has 34 heavy (non-hydrogen) atoms. The van der Waals surface area contributed by atoms with E-state index < -0.39 is 47.2 Å². The van der Waals surface area contributed by atoms with E-state index in [4.69, 9.17) is 18.9 Å². The van der Waals surface area contributed by atoms with Crippen molar-refractivity contribution in [1.29, 1.82) is 0 Å². The molecule has 0 fully saturated rings. The molecule has 11 heteroatoms. The van der Waals surface area contributed by atoms with Gasteiger partial charge in [0.15, 0.2) is 0 Å². The lowest BCUT2D eigenvalue weighted by Crippen LogP contribution is -2.16. The fourth-order valence-corrected chi connectivity index (χ4v) is 2.74. The Morgan fingerprint density at radius 2 is 0.971 bits per heavy atom. The summed E-state index contributed by atoms with van der Waals surface area (Å²) in [4.78, 5) is 11.6. The van der Waals surface area contributed by atoms with Crippen molar-refractivity contribution in [3.8, 4) is 5.75 Å². The molecule has 1 aromatic carbocycles. The molecule has 0 spiro atoms. The smallest absolute Gasteiger partial charge is 0.313 e. The van der Waals surface area contributed by atoms with Crippen LogP contribution in [-0.2, 0) is 23.7 Å². The van der Waals surface area contributed by atoms with Gasteiger partial charge in [-0.1, -0.05) is 39.0 Å². The summed E-state index contributed by atoms with van der Waals surface area (Å²) in [6.45, 7) is 4.79. The predicted octanol–water partition coefficient (Wildman–Crippen LogP) is 5.10. The first-order valence-corrected chi connectivity index (χ1v) is 11.4. The third-order valence-electron chi connectivity index (χ3n) is 4.59. The molecule has 1 rings (SSSR count). The molecular formula is C23H33F5O6. The van der Waals surface area contributed by atoms with Crippen molar-refractivity contribution in [3.63, 3.8) is 0 Å². The maximum Gasteiger partial charge on any atom is 0.313 e. The average Bonchev–Trinajstić information content (AvgIpc) is 2.83. The van der Waals surface area contributed by atoms with Crippen molar-refractivity contribution in [2.24, 2.45) is 0 Å². The van der Waals surface area contributed by atoms with Gasteiger partial charge in [-0.2, -0.15) is 8.78 Å². The number of benzene rings is 1. The zero-order valence-corrected chi connectivity index (χ0v) is 19.4. The van der Waals surface area contributed by atoms with Gasteiger partial charge in [0.05, 0.1) is 52.7 Å². The molecule has 0 aromatic heterocycles. The first kappa shape index (κ1) is 30.2. The summed E-state index contributed by atoms with van der Waals surface area (Å²) in [5, 5.41) is 0. The Hall–Kier alpha value is -1.82. The van der Waals surface area contributed by atoms with E-state index in [0.29, 0.717) is 26.4 Å². The summed E-state index contributed by atoms with van der Waals surface area (Å²) in [6, 6.07) is 0. The molecule has 0 atom stereocenters. The number of esters is 1. The predicted molar refractivity (Wildman–Crippen MR) is 113 cm³/mol. The lowest BCUT2D eigenvalue weighted by molar-refractivity contribution is -0.136. The van der Waals surface area contributed by atoms with Gasteiger partial charge in [0.25, 0.3) is 0 Å². The van der Waals surface area contributed by atoms with Gasteiger partial charge in [-0.3, -0.25) is 4.79 Å². The molecule has 196 valence electrons. The van der Waals surface area contributed by atoms with Crippen LogP contribution in [0.15, 0.2) is 0 Å². The number of rotatable bonds is 20. The van der Waals surface area contributed by atoms with Crippen molar-refractivity contribution in [3.05, 3.63) is 29.1 Å².